The lowest BCUT2D eigenvalue weighted by atomic mass is 10.1. The molecule has 2 heterocycles. The van der Waals surface area contributed by atoms with Gasteiger partial charge in [-0.15, -0.1) is 10.2 Å². The molecule has 2 aromatic rings. The van der Waals surface area contributed by atoms with Crippen LogP contribution < -0.4 is 10.2 Å². The highest BCUT2D eigenvalue weighted by atomic mass is 32.2. The number of ether oxygens (including phenoxy) is 1. The van der Waals surface area contributed by atoms with Crippen molar-refractivity contribution in [3.05, 3.63) is 35.7 Å². The van der Waals surface area contributed by atoms with Crippen LogP contribution >= 0.6 is 11.8 Å². The Bertz CT molecular complexity index is 640. The summed E-state index contributed by atoms with van der Waals surface area (Å²) in [5.41, 5.74) is 4.81. The third-order valence-electron chi connectivity index (χ3n) is 4.23. The molecule has 4 rings (SSSR count). The van der Waals surface area contributed by atoms with E-state index in [1.807, 2.05) is 23.9 Å². The normalized spacial score (nSPS) is 23.3. The maximum atomic E-state index is 5.19. The van der Waals surface area contributed by atoms with Gasteiger partial charge < -0.3 is 10.2 Å². The van der Waals surface area contributed by atoms with Gasteiger partial charge in [-0.1, -0.05) is 30.3 Å². The summed E-state index contributed by atoms with van der Waals surface area (Å²) in [6, 6.07) is 8.69. The fourth-order valence-corrected chi connectivity index (χ4v) is 4.33. The van der Waals surface area contributed by atoms with Gasteiger partial charge in [0.15, 0.2) is 5.82 Å². The minimum atomic E-state index is 0.563. The van der Waals surface area contributed by atoms with Crippen LogP contribution in [-0.4, -0.2) is 33.3 Å². The number of aromatic nitrogens is 3. The van der Waals surface area contributed by atoms with Crippen LogP contribution in [-0.2, 0) is 6.42 Å². The second-order valence-electron chi connectivity index (χ2n) is 5.58. The number of fused-ring (bicyclic) bond motifs is 2. The summed E-state index contributed by atoms with van der Waals surface area (Å²) in [6.07, 6.45) is 4.61. The number of hydrogen-bond donors (Lipinski definition) is 1. The molecule has 5 nitrogen and oxygen atoms in total. The van der Waals surface area contributed by atoms with E-state index in [1.54, 1.807) is 7.11 Å². The van der Waals surface area contributed by atoms with Crippen LogP contribution in [0.15, 0.2) is 29.4 Å². The zero-order chi connectivity index (χ0) is 14.2. The molecule has 21 heavy (non-hydrogen) atoms. The molecule has 2 aliphatic rings. The maximum Gasteiger partial charge on any atom is 0.210 e. The van der Waals surface area contributed by atoms with Crippen molar-refractivity contribution >= 4 is 11.8 Å². The standard InChI is InChI=1S/C15H18N4OS/c1-20-11-7-5-10(6-8-11)9-14-16-17-15-19(14)18-12-3-2-4-13(12)21-15/h5-8,12-13,18H,2-4,9H2,1H3. The van der Waals surface area contributed by atoms with Crippen LogP contribution in [0.3, 0.4) is 0 Å². The Balaban J connectivity index is 1.56. The largest absolute Gasteiger partial charge is 0.497 e. The highest BCUT2D eigenvalue weighted by Gasteiger charge is 2.35. The number of hydrogen-bond acceptors (Lipinski definition) is 5. The molecule has 1 aliphatic carbocycles. The second-order valence-corrected chi connectivity index (χ2v) is 6.79. The minimum absolute atomic E-state index is 0.563. The van der Waals surface area contributed by atoms with Crippen molar-refractivity contribution in [1.82, 2.24) is 14.9 Å². The van der Waals surface area contributed by atoms with E-state index in [0.29, 0.717) is 11.3 Å². The summed E-state index contributed by atoms with van der Waals surface area (Å²) in [7, 11) is 1.68. The summed E-state index contributed by atoms with van der Waals surface area (Å²) in [6.45, 7) is 0. The molecule has 6 heteroatoms. The molecule has 1 fully saturated rings. The summed E-state index contributed by atoms with van der Waals surface area (Å²) in [5.74, 6) is 1.86. The molecule has 1 aromatic carbocycles. The smallest absolute Gasteiger partial charge is 0.210 e. The van der Waals surface area contributed by atoms with Gasteiger partial charge in [0.2, 0.25) is 5.16 Å². The Hall–Kier alpha value is -1.69. The highest BCUT2D eigenvalue weighted by Crippen LogP contribution is 2.38. The predicted octanol–water partition coefficient (Wildman–Crippen LogP) is 2.45. The Morgan fingerprint density at radius 3 is 2.95 bits per heavy atom. The molecule has 0 saturated heterocycles. The molecule has 0 amide bonds. The van der Waals surface area contributed by atoms with E-state index in [0.717, 1.165) is 23.2 Å². The molecular formula is C15H18N4OS. The van der Waals surface area contributed by atoms with Gasteiger partial charge in [0, 0.05) is 11.7 Å². The molecule has 1 aromatic heterocycles. The second kappa shape index (κ2) is 5.26. The molecule has 0 radical (unpaired) electrons. The van der Waals surface area contributed by atoms with Crippen LogP contribution in [0.4, 0.5) is 0 Å². The van der Waals surface area contributed by atoms with Crippen molar-refractivity contribution in [3.63, 3.8) is 0 Å². The molecule has 1 N–H and O–H groups in total. The molecule has 1 aliphatic heterocycles. The van der Waals surface area contributed by atoms with E-state index >= 15 is 0 Å². The van der Waals surface area contributed by atoms with Crippen molar-refractivity contribution in [2.75, 3.05) is 12.5 Å². The summed E-state index contributed by atoms with van der Waals surface area (Å²) in [5, 5.41) is 10.4. The van der Waals surface area contributed by atoms with Gasteiger partial charge in [0.05, 0.1) is 13.2 Å². The van der Waals surface area contributed by atoms with Gasteiger partial charge in [0.25, 0.3) is 0 Å². The quantitative estimate of drug-likeness (QED) is 0.944. The summed E-state index contributed by atoms with van der Waals surface area (Å²) >= 11 is 1.87. The molecule has 2 unspecified atom stereocenters. The number of rotatable bonds is 3. The lowest BCUT2D eigenvalue weighted by Crippen LogP contribution is -2.38. The van der Waals surface area contributed by atoms with E-state index < -0.39 is 0 Å². The highest BCUT2D eigenvalue weighted by molar-refractivity contribution is 7.99. The van der Waals surface area contributed by atoms with Crippen molar-refractivity contribution in [2.45, 2.75) is 42.1 Å². The third kappa shape index (κ3) is 2.37. The SMILES string of the molecule is COc1ccc(Cc2nnc3n2NC2CCCC2S3)cc1. The molecule has 0 bridgehead atoms. The van der Waals surface area contributed by atoms with Gasteiger partial charge in [0.1, 0.15) is 5.75 Å². The Kier molecular flexibility index (Phi) is 3.25. The monoisotopic (exact) mass is 302 g/mol. The van der Waals surface area contributed by atoms with Crippen LogP contribution in [0.5, 0.6) is 5.75 Å². The zero-order valence-electron chi connectivity index (χ0n) is 12.0. The Morgan fingerprint density at radius 2 is 2.14 bits per heavy atom. The Morgan fingerprint density at radius 1 is 1.29 bits per heavy atom. The topological polar surface area (TPSA) is 52.0 Å². The van der Waals surface area contributed by atoms with Gasteiger partial charge in [-0.25, -0.2) is 4.68 Å². The maximum absolute atomic E-state index is 5.19. The van der Waals surface area contributed by atoms with E-state index in [-0.39, 0.29) is 0 Å². The number of benzene rings is 1. The van der Waals surface area contributed by atoms with E-state index in [1.165, 1.54) is 24.8 Å². The summed E-state index contributed by atoms with van der Waals surface area (Å²) < 4.78 is 7.28. The molecule has 1 saturated carbocycles. The van der Waals surface area contributed by atoms with Crippen molar-refractivity contribution in [1.29, 1.82) is 0 Å². The first-order valence-corrected chi connectivity index (χ1v) is 8.22. The average molecular weight is 302 g/mol. The molecule has 0 spiro atoms. The van der Waals surface area contributed by atoms with E-state index in [9.17, 15) is 0 Å². The van der Waals surface area contributed by atoms with Gasteiger partial charge in [-0.05, 0) is 30.5 Å². The lowest BCUT2D eigenvalue weighted by Gasteiger charge is -2.28. The number of nitrogens with one attached hydrogen (secondary N) is 1. The van der Waals surface area contributed by atoms with Crippen molar-refractivity contribution in [3.8, 4) is 5.75 Å². The van der Waals surface area contributed by atoms with Crippen LogP contribution in [0.2, 0.25) is 0 Å². The number of methoxy groups -OCH3 is 1. The van der Waals surface area contributed by atoms with Gasteiger partial charge >= 0.3 is 0 Å². The van der Waals surface area contributed by atoms with Gasteiger partial charge in [-0.3, -0.25) is 0 Å². The predicted molar refractivity (Wildman–Crippen MR) is 82.5 cm³/mol. The molecule has 2 atom stereocenters. The Labute approximate surface area is 128 Å². The van der Waals surface area contributed by atoms with Crippen LogP contribution in [0, 0.1) is 0 Å². The van der Waals surface area contributed by atoms with Crippen molar-refractivity contribution in [2.24, 2.45) is 0 Å². The zero-order valence-corrected chi connectivity index (χ0v) is 12.8. The van der Waals surface area contributed by atoms with Crippen LogP contribution in [0.1, 0.15) is 30.7 Å². The number of thioether (sulfide) groups is 1. The first kappa shape index (κ1) is 13.0. The molecule has 110 valence electrons. The van der Waals surface area contributed by atoms with Crippen LogP contribution in [0.25, 0.3) is 0 Å². The minimum Gasteiger partial charge on any atom is -0.497 e. The number of nitrogens with zero attached hydrogens (tertiary/aromatic N) is 3. The lowest BCUT2D eigenvalue weighted by molar-refractivity contribution is 0.414. The van der Waals surface area contributed by atoms with E-state index in [2.05, 4.69) is 32.4 Å². The molecular weight excluding hydrogens is 284 g/mol. The fraction of sp³-hybridized carbons (Fsp3) is 0.467. The van der Waals surface area contributed by atoms with Gasteiger partial charge in [-0.2, -0.15) is 0 Å². The fourth-order valence-electron chi connectivity index (χ4n) is 3.06. The first-order valence-electron chi connectivity index (χ1n) is 7.34. The third-order valence-corrected chi connectivity index (χ3v) is 5.57. The summed E-state index contributed by atoms with van der Waals surface area (Å²) in [4.78, 5) is 0. The first-order chi connectivity index (χ1) is 10.3. The van der Waals surface area contributed by atoms with E-state index in [4.69, 9.17) is 4.74 Å². The van der Waals surface area contributed by atoms with Crippen molar-refractivity contribution < 1.29 is 4.74 Å². The average Bonchev–Trinajstić information content (AvgIpc) is 3.13.